The van der Waals surface area contributed by atoms with Gasteiger partial charge in [0.25, 0.3) is 0 Å². The van der Waals surface area contributed by atoms with E-state index in [1.54, 1.807) is 7.11 Å². The number of rotatable bonds is 4. The van der Waals surface area contributed by atoms with Gasteiger partial charge < -0.3 is 15.4 Å². The van der Waals surface area contributed by atoms with Crippen LogP contribution < -0.4 is 15.4 Å². The van der Waals surface area contributed by atoms with Gasteiger partial charge in [-0.05, 0) is 31.9 Å². The Morgan fingerprint density at radius 3 is 2.71 bits per heavy atom. The van der Waals surface area contributed by atoms with Crippen LogP contribution in [-0.2, 0) is 0 Å². The maximum atomic E-state index is 5.79. The smallest absolute Gasteiger partial charge is 0.238 e. The van der Waals surface area contributed by atoms with Crippen LogP contribution in [-0.4, -0.2) is 24.7 Å². The minimum atomic E-state index is 0.527. The highest BCUT2D eigenvalue weighted by molar-refractivity contribution is 5.54. The van der Waals surface area contributed by atoms with Crippen molar-refractivity contribution in [2.45, 2.75) is 38.6 Å². The lowest BCUT2D eigenvalue weighted by molar-refractivity contribution is 0.399. The van der Waals surface area contributed by atoms with Crippen molar-refractivity contribution >= 4 is 11.5 Å². The number of hydrogen-bond donors (Lipinski definition) is 1. The molecule has 94 valence electrons. The monoisotopic (exact) mass is 235 g/mol. The van der Waals surface area contributed by atoms with Crippen molar-refractivity contribution in [3.63, 3.8) is 0 Å². The molecule has 1 fully saturated rings. The van der Waals surface area contributed by atoms with Gasteiger partial charge in [0.15, 0.2) is 0 Å². The van der Waals surface area contributed by atoms with Gasteiger partial charge in [-0.3, -0.25) is 0 Å². The zero-order chi connectivity index (χ0) is 12.3. The quantitative estimate of drug-likeness (QED) is 0.871. The first-order chi connectivity index (χ1) is 8.26. The third kappa shape index (κ3) is 2.46. The highest BCUT2D eigenvalue weighted by atomic mass is 16.5. The van der Waals surface area contributed by atoms with E-state index < -0.39 is 0 Å². The molecule has 1 heterocycles. The molecule has 4 heteroatoms. The molecule has 1 aromatic heterocycles. The molecule has 2 rings (SSSR count). The number of aromatic nitrogens is 1. The Balaban J connectivity index is 2.23. The maximum absolute atomic E-state index is 5.79. The lowest BCUT2D eigenvalue weighted by atomic mass is 10.2. The molecule has 2 N–H and O–H groups in total. The van der Waals surface area contributed by atoms with Gasteiger partial charge in [0, 0.05) is 12.6 Å². The number of methoxy groups -OCH3 is 1. The molecular weight excluding hydrogens is 214 g/mol. The summed E-state index contributed by atoms with van der Waals surface area (Å²) >= 11 is 0. The second kappa shape index (κ2) is 5.25. The SMILES string of the molecule is CCN(c1ccc(N)c(OC)n1)C1CCCC1. The molecule has 0 aliphatic heterocycles. The topological polar surface area (TPSA) is 51.4 Å². The van der Waals surface area contributed by atoms with E-state index in [0.29, 0.717) is 17.6 Å². The molecule has 1 aromatic rings. The molecule has 0 spiro atoms. The van der Waals surface area contributed by atoms with Crippen LogP contribution in [0.25, 0.3) is 0 Å². The molecule has 0 atom stereocenters. The lowest BCUT2D eigenvalue weighted by Gasteiger charge is -2.29. The van der Waals surface area contributed by atoms with Crippen molar-refractivity contribution in [1.82, 2.24) is 4.98 Å². The highest BCUT2D eigenvalue weighted by Gasteiger charge is 2.22. The fourth-order valence-corrected chi connectivity index (χ4v) is 2.59. The molecule has 0 radical (unpaired) electrons. The summed E-state index contributed by atoms with van der Waals surface area (Å²) in [7, 11) is 1.61. The molecule has 17 heavy (non-hydrogen) atoms. The van der Waals surface area contributed by atoms with Gasteiger partial charge in [0.05, 0.1) is 12.8 Å². The summed E-state index contributed by atoms with van der Waals surface area (Å²) in [6.45, 7) is 3.15. The van der Waals surface area contributed by atoms with Gasteiger partial charge in [0.1, 0.15) is 5.82 Å². The zero-order valence-corrected chi connectivity index (χ0v) is 10.6. The van der Waals surface area contributed by atoms with Crippen molar-refractivity contribution in [1.29, 1.82) is 0 Å². The van der Waals surface area contributed by atoms with Crippen molar-refractivity contribution in [2.24, 2.45) is 0 Å². The molecule has 0 aromatic carbocycles. The number of hydrogen-bond acceptors (Lipinski definition) is 4. The van der Waals surface area contributed by atoms with Crippen LogP contribution in [0.3, 0.4) is 0 Å². The summed E-state index contributed by atoms with van der Waals surface area (Å²) in [6.07, 6.45) is 5.19. The van der Waals surface area contributed by atoms with E-state index in [9.17, 15) is 0 Å². The van der Waals surface area contributed by atoms with Crippen molar-refractivity contribution in [3.05, 3.63) is 12.1 Å². The molecule has 0 bridgehead atoms. The predicted molar refractivity (Wildman–Crippen MR) is 70.5 cm³/mol. The van der Waals surface area contributed by atoms with Crippen LogP contribution in [0, 0.1) is 0 Å². The van der Waals surface area contributed by atoms with Crippen LogP contribution in [0.2, 0.25) is 0 Å². The summed E-state index contributed by atoms with van der Waals surface area (Å²) in [5.74, 6) is 1.50. The molecular formula is C13H21N3O. The number of pyridine rings is 1. The van der Waals surface area contributed by atoms with Crippen molar-refractivity contribution in [3.8, 4) is 5.88 Å². The predicted octanol–water partition coefficient (Wildman–Crippen LogP) is 2.44. The molecule has 0 amide bonds. The van der Waals surface area contributed by atoms with Crippen LogP contribution in [0.1, 0.15) is 32.6 Å². The van der Waals surface area contributed by atoms with E-state index >= 15 is 0 Å². The Morgan fingerprint density at radius 2 is 2.12 bits per heavy atom. The van der Waals surface area contributed by atoms with Gasteiger partial charge in [0.2, 0.25) is 5.88 Å². The third-order valence-electron chi connectivity index (χ3n) is 3.47. The van der Waals surface area contributed by atoms with E-state index in [-0.39, 0.29) is 0 Å². The van der Waals surface area contributed by atoms with Crippen molar-refractivity contribution < 1.29 is 4.74 Å². The van der Waals surface area contributed by atoms with E-state index in [0.717, 1.165) is 12.4 Å². The fraction of sp³-hybridized carbons (Fsp3) is 0.615. The molecule has 4 nitrogen and oxygen atoms in total. The molecule has 0 unspecified atom stereocenters. The standard InChI is InChI=1S/C13H21N3O/c1-3-16(10-6-4-5-7-10)12-9-8-11(14)13(15-12)17-2/h8-10H,3-7,14H2,1-2H3. The molecule has 0 saturated heterocycles. The summed E-state index contributed by atoms with van der Waals surface area (Å²) in [4.78, 5) is 6.84. The Morgan fingerprint density at radius 1 is 1.41 bits per heavy atom. The first-order valence-electron chi connectivity index (χ1n) is 6.33. The molecule has 1 aliphatic carbocycles. The largest absolute Gasteiger partial charge is 0.479 e. The minimum Gasteiger partial charge on any atom is -0.479 e. The number of nitrogens with zero attached hydrogens (tertiary/aromatic N) is 2. The number of anilines is 2. The third-order valence-corrected chi connectivity index (χ3v) is 3.47. The number of nitrogen functional groups attached to an aromatic ring is 1. The van der Waals surface area contributed by atoms with Gasteiger partial charge in [-0.2, -0.15) is 4.98 Å². The Bertz CT molecular complexity index is 375. The average molecular weight is 235 g/mol. The van der Waals surface area contributed by atoms with Crippen LogP contribution in [0.5, 0.6) is 5.88 Å². The first-order valence-corrected chi connectivity index (χ1v) is 6.33. The summed E-state index contributed by atoms with van der Waals surface area (Å²) in [5, 5.41) is 0. The molecule has 1 saturated carbocycles. The van der Waals surface area contributed by atoms with E-state index in [1.165, 1.54) is 25.7 Å². The normalized spacial score (nSPS) is 16.1. The molecule has 1 aliphatic rings. The van der Waals surface area contributed by atoms with Gasteiger partial charge in [-0.1, -0.05) is 12.8 Å². The number of nitrogens with two attached hydrogens (primary N) is 1. The Hall–Kier alpha value is -1.45. The van der Waals surface area contributed by atoms with Crippen LogP contribution in [0.4, 0.5) is 11.5 Å². The van der Waals surface area contributed by atoms with E-state index in [1.807, 2.05) is 12.1 Å². The second-order valence-corrected chi connectivity index (χ2v) is 4.49. The van der Waals surface area contributed by atoms with Gasteiger partial charge >= 0.3 is 0 Å². The first kappa shape index (κ1) is 12.0. The summed E-state index contributed by atoms with van der Waals surface area (Å²) in [6, 6.07) is 4.49. The Kier molecular flexibility index (Phi) is 3.71. The number of ether oxygens (including phenoxy) is 1. The minimum absolute atomic E-state index is 0.527. The Labute approximate surface area is 103 Å². The van der Waals surface area contributed by atoms with Crippen LogP contribution >= 0.6 is 0 Å². The zero-order valence-electron chi connectivity index (χ0n) is 10.6. The second-order valence-electron chi connectivity index (χ2n) is 4.49. The average Bonchev–Trinajstić information content (AvgIpc) is 2.86. The lowest BCUT2D eigenvalue weighted by Crippen LogP contribution is -2.33. The maximum Gasteiger partial charge on any atom is 0.238 e. The van der Waals surface area contributed by atoms with Crippen molar-refractivity contribution in [2.75, 3.05) is 24.3 Å². The summed E-state index contributed by atoms with van der Waals surface area (Å²) in [5.41, 5.74) is 6.39. The van der Waals surface area contributed by atoms with Crippen LogP contribution in [0.15, 0.2) is 12.1 Å². The van der Waals surface area contributed by atoms with E-state index in [4.69, 9.17) is 10.5 Å². The van der Waals surface area contributed by atoms with Gasteiger partial charge in [-0.25, -0.2) is 0 Å². The van der Waals surface area contributed by atoms with E-state index in [2.05, 4.69) is 16.8 Å². The highest BCUT2D eigenvalue weighted by Crippen LogP contribution is 2.29. The fourth-order valence-electron chi connectivity index (χ4n) is 2.59. The summed E-state index contributed by atoms with van der Waals surface area (Å²) < 4.78 is 5.18. The van der Waals surface area contributed by atoms with Gasteiger partial charge in [-0.15, -0.1) is 0 Å².